The highest BCUT2D eigenvalue weighted by molar-refractivity contribution is 7.94. The van der Waals surface area contributed by atoms with Crippen LogP contribution >= 0.6 is 11.3 Å². The van der Waals surface area contributed by atoms with Crippen LogP contribution in [0.15, 0.2) is 40.9 Å². The van der Waals surface area contributed by atoms with E-state index >= 15 is 0 Å². The summed E-state index contributed by atoms with van der Waals surface area (Å²) in [5.41, 5.74) is 2.20. The highest BCUT2D eigenvalue weighted by atomic mass is 32.2. The average molecular weight is 321 g/mol. The van der Waals surface area contributed by atoms with Gasteiger partial charge in [-0.2, -0.15) is 0 Å². The largest absolute Gasteiger partial charge is 0.305 e. The SMILES string of the molecule is CCc1ccc(S(=O)(=O)Nc2ccc3nc(C)cn3c2)s1. The van der Waals surface area contributed by atoms with E-state index in [2.05, 4.69) is 9.71 Å². The van der Waals surface area contributed by atoms with E-state index in [9.17, 15) is 8.42 Å². The molecule has 3 aromatic heterocycles. The Bertz CT molecular complexity index is 894. The van der Waals surface area contributed by atoms with E-state index < -0.39 is 10.0 Å². The van der Waals surface area contributed by atoms with Crippen LogP contribution in [0.3, 0.4) is 0 Å². The molecule has 5 nitrogen and oxygen atoms in total. The molecule has 3 heterocycles. The van der Waals surface area contributed by atoms with Crippen LogP contribution < -0.4 is 4.72 Å². The Hall–Kier alpha value is -1.86. The number of fused-ring (bicyclic) bond motifs is 1. The number of thiophene rings is 1. The van der Waals surface area contributed by atoms with E-state index in [-0.39, 0.29) is 0 Å². The van der Waals surface area contributed by atoms with Crippen LogP contribution in [0, 0.1) is 6.92 Å². The zero-order valence-electron chi connectivity index (χ0n) is 11.7. The summed E-state index contributed by atoms with van der Waals surface area (Å²) in [7, 11) is -3.53. The van der Waals surface area contributed by atoms with Gasteiger partial charge in [0.15, 0.2) is 0 Å². The second-order valence-electron chi connectivity index (χ2n) is 4.75. The number of aryl methyl sites for hydroxylation is 2. The Kier molecular flexibility index (Phi) is 3.46. The van der Waals surface area contributed by atoms with Gasteiger partial charge in [-0.15, -0.1) is 11.3 Å². The molecule has 0 amide bonds. The summed E-state index contributed by atoms with van der Waals surface area (Å²) in [6.45, 7) is 3.90. The van der Waals surface area contributed by atoms with E-state index in [1.807, 2.05) is 26.1 Å². The standard InChI is InChI=1S/C14H15N3O2S2/c1-3-12-5-7-14(20-12)21(18,19)16-11-4-6-13-15-10(2)8-17(13)9-11/h4-9,16H,3H2,1-2H3. The molecule has 0 saturated heterocycles. The van der Waals surface area contributed by atoms with Crippen molar-refractivity contribution in [1.29, 1.82) is 0 Å². The van der Waals surface area contributed by atoms with E-state index in [0.717, 1.165) is 22.6 Å². The van der Waals surface area contributed by atoms with Gasteiger partial charge >= 0.3 is 0 Å². The third-order valence-electron chi connectivity index (χ3n) is 3.07. The summed E-state index contributed by atoms with van der Waals surface area (Å²) in [6, 6.07) is 7.00. The Morgan fingerprint density at radius 3 is 2.76 bits per heavy atom. The molecule has 0 fully saturated rings. The van der Waals surface area contributed by atoms with Crippen molar-refractivity contribution < 1.29 is 8.42 Å². The maximum atomic E-state index is 12.3. The summed E-state index contributed by atoms with van der Waals surface area (Å²) in [6.07, 6.45) is 4.41. The number of imidazole rings is 1. The Morgan fingerprint density at radius 1 is 1.24 bits per heavy atom. The van der Waals surface area contributed by atoms with Gasteiger partial charge in [0.25, 0.3) is 10.0 Å². The van der Waals surface area contributed by atoms with Crippen LogP contribution in [-0.2, 0) is 16.4 Å². The number of pyridine rings is 1. The van der Waals surface area contributed by atoms with Crippen molar-refractivity contribution in [2.75, 3.05) is 4.72 Å². The molecule has 21 heavy (non-hydrogen) atoms. The molecule has 0 aliphatic rings. The minimum atomic E-state index is -3.53. The van der Waals surface area contributed by atoms with Gasteiger partial charge in [0.1, 0.15) is 9.86 Å². The van der Waals surface area contributed by atoms with Crippen molar-refractivity contribution >= 4 is 32.7 Å². The Balaban J connectivity index is 1.92. The molecule has 0 aliphatic carbocycles. The molecule has 3 aromatic rings. The summed E-state index contributed by atoms with van der Waals surface area (Å²) < 4.78 is 29.4. The maximum absolute atomic E-state index is 12.3. The van der Waals surface area contributed by atoms with Crippen molar-refractivity contribution in [3.8, 4) is 0 Å². The number of nitrogens with zero attached hydrogens (tertiary/aromatic N) is 2. The Morgan fingerprint density at radius 2 is 2.05 bits per heavy atom. The van der Waals surface area contributed by atoms with Crippen molar-refractivity contribution in [1.82, 2.24) is 9.38 Å². The third-order valence-corrected chi connectivity index (χ3v) is 6.18. The molecule has 3 rings (SSSR count). The number of anilines is 1. The Labute approximate surface area is 127 Å². The number of sulfonamides is 1. The van der Waals surface area contributed by atoms with Crippen LogP contribution in [-0.4, -0.2) is 17.8 Å². The first kappa shape index (κ1) is 14.1. The summed E-state index contributed by atoms with van der Waals surface area (Å²) in [4.78, 5) is 5.36. The van der Waals surface area contributed by atoms with Gasteiger partial charge in [-0.25, -0.2) is 13.4 Å². The lowest BCUT2D eigenvalue weighted by Crippen LogP contribution is -2.11. The van der Waals surface area contributed by atoms with Crippen molar-refractivity contribution in [2.45, 2.75) is 24.5 Å². The first-order valence-corrected chi connectivity index (χ1v) is 8.85. The van der Waals surface area contributed by atoms with Gasteiger partial charge < -0.3 is 4.40 Å². The number of aromatic nitrogens is 2. The number of hydrogen-bond donors (Lipinski definition) is 1. The molecule has 0 spiro atoms. The fraction of sp³-hybridized carbons (Fsp3) is 0.214. The second kappa shape index (κ2) is 5.16. The average Bonchev–Trinajstić information content (AvgIpc) is 3.03. The quantitative estimate of drug-likeness (QED) is 0.803. The van der Waals surface area contributed by atoms with E-state index in [4.69, 9.17) is 0 Å². The zero-order valence-corrected chi connectivity index (χ0v) is 13.3. The van der Waals surface area contributed by atoms with Crippen molar-refractivity contribution in [3.63, 3.8) is 0 Å². The molecule has 0 bridgehead atoms. The molecule has 0 atom stereocenters. The molecule has 1 N–H and O–H groups in total. The zero-order chi connectivity index (χ0) is 15.0. The topological polar surface area (TPSA) is 63.5 Å². The third kappa shape index (κ3) is 2.79. The molecule has 0 saturated carbocycles. The van der Waals surface area contributed by atoms with Crippen LogP contribution in [0.25, 0.3) is 5.65 Å². The monoisotopic (exact) mass is 321 g/mol. The second-order valence-corrected chi connectivity index (χ2v) is 7.82. The minimum Gasteiger partial charge on any atom is -0.305 e. The van der Waals surface area contributed by atoms with Gasteiger partial charge in [0.2, 0.25) is 0 Å². The van der Waals surface area contributed by atoms with Crippen LogP contribution in [0.2, 0.25) is 0 Å². The molecule has 0 unspecified atom stereocenters. The molecule has 7 heteroatoms. The highest BCUT2D eigenvalue weighted by Gasteiger charge is 2.17. The summed E-state index contributed by atoms with van der Waals surface area (Å²) in [5, 5.41) is 0. The molecule has 0 aliphatic heterocycles. The van der Waals surface area contributed by atoms with E-state index in [1.54, 1.807) is 28.8 Å². The summed E-state index contributed by atoms with van der Waals surface area (Å²) in [5.74, 6) is 0. The molecule has 0 radical (unpaired) electrons. The maximum Gasteiger partial charge on any atom is 0.271 e. The lowest BCUT2D eigenvalue weighted by molar-refractivity contribution is 0.603. The van der Waals surface area contributed by atoms with Crippen LogP contribution in [0.4, 0.5) is 5.69 Å². The number of hydrogen-bond acceptors (Lipinski definition) is 4. The highest BCUT2D eigenvalue weighted by Crippen LogP contribution is 2.24. The van der Waals surface area contributed by atoms with Gasteiger partial charge in [-0.05, 0) is 37.6 Å². The molecule has 0 aromatic carbocycles. The molecular formula is C14H15N3O2S2. The first-order valence-electron chi connectivity index (χ1n) is 6.55. The van der Waals surface area contributed by atoms with Gasteiger partial charge in [0, 0.05) is 17.3 Å². The van der Waals surface area contributed by atoms with Crippen LogP contribution in [0.1, 0.15) is 17.5 Å². The van der Waals surface area contributed by atoms with Gasteiger partial charge in [-0.1, -0.05) is 6.92 Å². The van der Waals surface area contributed by atoms with Gasteiger partial charge in [-0.3, -0.25) is 4.72 Å². The fourth-order valence-corrected chi connectivity index (χ4v) is 4.42. The van der Waals surface area contributed by atoms with E-state index in [0.29, 0.717) is 9.90 Å². The predicted molar refractivity (Wildman–Crippen MR) is 84.4 cm³/mol. The molecule has 110 valence electrons. The molecular weight excluding hydrogens is 306 g/mol. The first-order chi connectivity index (χ1) is 9.98. The fourth-order valence-electron chi connectivity index (χ4n) is 2.08. The lowest BCUT2D eigenvalue weighted by Gasteiger charge is -2.06. The normalized spacial score (nSPS) is 11.9. The minimum absolute atomic E-state index is 0.334. The smallest absolute Gasteiger partial charge is 0.271 e. The number of rotatable bonds is 4. The van der Waals surface area contributed by atoms with Crippen molar-refractivity contribution in [3.05, 3.63) is 47.2 Å². The van der Waals surface area contributed by atoms with Crippen molar-refractivity contribution in [2.24, 2.45) is 0 Å². The van der Waals surface area contributed by atoms with E-state index in [1.165, 1.54) is 11.3 Å². The predicted octanol–water partition coefficient (Wildman–Crippen LogP) is 3.07. The van der Waals surface area contributed by atoms with Crippen LogP contribution in [0.5, 0.6) is 0 Å². The summed E-state index contributed by atoms with van der Waals surface area (Å²) >= 11 is 1.30. The lowest BCUT2D eigenvalue weighted by atomic mass is 10.4. The van der Waals surface area contributed by atoms with Gasteiger partial charge in [0.05, 0.1) is 11.4 Å². The number of nitrogens with one attached hydrogen (secondary N) is 1.